The predicted octanol–water partition coefficient (Wildman–Crippen LogP) is 1.23. The van der Waals surface area contributed by atoms with Gasteiger partial charge in [-0.3, -0.25) is 9.97 Å². The van der Waals surface area contributed by atoms with Gasteiger partial charge in [0, 0.05) is 5.54 Å². The highest BCUT2D eigenvalue weighted by atomic mass is 16.2. The van der Waals surface area contributed by atoms with Gasteiger partial charge < -0.3 is 5.32 Å². The van der Waals surface area contributed by atoms with E-state index in [-0.39, 0.29) is 11.5 Å². The lowest BCUT2D eigenvalue weighted by Gasteiger charge is -2.26. The first-order chi connectivity index (χ1) is 7.93. The van der Waals surface area contributed by atoms with E-state index in [1.54, 1.807) is 0 Å². The number of aromatic amines is 2. The van der Waals surface area contributed by atoms with Crippen molar-refractivity contribution in [2.24, 2.45) is 0 Å². The molecular formula is C11H20N4O2. The summed E-state index contributed by atoms with van der Waals surface area (Å²) < 4.78 is 0. The minimum atomic E-state index is -0.638. The molecule has 0 aliphatic carbocycles. The van der Waals surface area contributed by atoms with Crippen LogP contribution in [0.4, 0.5) is 5.95 Å². The van der Waals surface area contributed by atoms with Crippen LogP contribution in [0, 0.1) is 0 Å². The van der Waals surface area contributed by atoms with Gasteiger partial charge in [0.25, 0.3) is 0 Å². The van der Waals surface area contributed by atoms with Crippen molar-refractivity contribution in [1.82, 2.24) is 15.0 Å². The summed E-state index contributed by atoms with van der Waals surface area (Å²) in [5.41, 5.74) is -1.38. The summed E-state index contributed by atoms with van der Waals surface area (Å²) in [5, 5.41) is 3.07. The first-order valence-corrected chi connectivity index (χ1v) is 5.92. The molecule has 0 aromatic carbocycles. The van der Waals surface area contributed by atoms with Crippen molar-refractivity contribution < 1.29 is 0 Å². The van der Waals surface area contributed by atoms with Gasteiger partial charge in [-0.05, 0) is 20.3 Å². The van der Waals surface area contributed by atoms with Crippen molar-refractivity contribution in [3.63, 3.8) is 0 Å². The van der Waals surface area contributed by atoms with Crippen molar-refractivity contribution in [3.05, 3.63) is 21.0 Å². The van der Waals surface area contributed by atoms with E-state index >= 15 is 0 Å². The molecule has 0 fully saturated rings. The third kappa shape index (κ3) is 4.84. The first kappa shape index (κ1) is 13.5. The zero-order chi connectivity index (χ0) is 12.9. The summed E-state index contributed by atoms with van der Waals surface area (Å²) in [6, 6.07) is 0. The smallest absolute Gasteiger partial charge is 0.351 e. The number of rotatable bonds is 6. The second-order valence-corrected chi connectivity index (χ2v) is 4.81. The molecule has 0 atom stereocenters. The van der Waals surface area contributed by atoms with Crippen molar-refractivity contribution >= 4 is 5.95 Å². The maximum Gasteiger partial charge on any atom is 0.352 e. The molecule has 1 rings (SSSR count). The first-order valence-electron chi connectivity index (χ1n) is 5.92. The molecule has 0 aliphatic heterocycles. The summed E-state index contributed by atoms with van der Waals surface area (Å²) in [7, 11) is 0. The highest BCUT2D eigenvalue weighted by molar-refractivity contribution is 5.25. The Labute approximate surface area is 99.9 Å². The molecule has 0 saturated heterocycles. The Hall–Kier alpha value is -1.59. The van der Waals surface area contributed by atoms with Crippen LogP contribution in [0.1, 0.15) is 46.5 Å². The molecule has 3 N–H and O–H groups in total. The van der Waals surface area contributed by atoms with E-state index in [9.17, 15) is 9.59 Å². The fraction of sp³-hybridized carbons (Fsp3) is 0.727. The van der Waals surface area contributed by atoms with E-state index in [0.717, 1.165) is 19.3 Å². The largest absolute Gasteiger partial charge is 0.352 e. The summed E-state index contributed by atoms with van der Waals surface area (Å²) in [4.78, 5) is 30.3. The average molecular weight is 240 g/mol. The maximum atomic E-state index is 11.1. The monoisotopic (exact) mass is 240 g/mol. The fourth-order valence-corrected chi connectivity index (χ4v) is 1.65. The van der Waals surface area contributed by atoms with Gasteiger partial charge in [-0.25, -0.2) is 9.59 Å². The highest BCUT2D eigenvalue weighted by Crippen LogP contribution is 2.17. The molecule has 6 heteroatoms. The van der Waals surface area contributed by atoms with E-state index < -0.39 is 11.4 Å². The quantitative estimate of drug-likeness (QED) is 0.652. The summed E-state index contributed by atoms with van der Waals surface area (Å²) >= 11 is 0. The van der Waals surface area contributed by atoms with Crippen LogP contribution in [0.25, 0.3) is 0 Å². The van der Waals surface area contributed by atoms with Gasteiger partial charge in [0.05, 0.1) is 0 Å². The zero-order valence-electron chi connectivity index (χ0n) is 10.6. The normalized spacial score (nSPS) is 11.5. The molecule has 1 aromatic rings. The van der Waals surface area contributed by atoms with E-state index in [1.807, 2.05) is 18.8 Å². The van der Waals surface area contributed by atoms with E-state index in [1.165, 1.54) is 6.42 Å². The summed E-state index contributed by atoms with van der Waals surface area (Å²) in [5.74, 6) is 0.222. The number of hydrogen-bond donors (Lipinski definition) is 3. The Bertz CT molecular complexity index is 433. The molecule has 1 heterocycles. The van der Waals surface area contributed by atoms with Gasteiger partial charge in [0.2, 0.25) is 5.95 Å². The lowest BCUT2D eigenvalue weighted by atomic mass is 9.97. The predicted molar refractivity (Wildman–Crippen MR) is 67.3 cm³/mol. The molecule has 0 radical (unpaired) electrons. The average Bonchev–Trinajstić information content (AvgIpc) is 2.14. The fourth-order valence-electron chi connectivity index (χ4n) is 1.65. The highest BCUT2D eigenvalue weighted by Gasteiger charge is 2.17. The lowest BCUT2D eigenvalue weighted by Crippen LogP contribution is -2.35. The number of hydrogen-bond acceptors (Lipinski definition) is 4. The van der Waals surface area contributed by atoms with E-state index in [2.05, 4.69) is 22.2 Å². The number of anilines is 1. The van der Waals surface area contributed by atoms with Crippen LogP contribution in [-0.2, 0) is 0 Å². The van der Waals surface area contributed by atoms with Crippen LogP contribution in [0.5, 0.6) is 0 Å². The van der Waals surface area contributed by atoms with Crippen LogP contribution in [0.15, 0.2) is 9.59 Å². The van der Waals surface area contributed by atoms with Gasteiger partial charge in [0.1, 0.15) is 0 Å². The third-order valence-electron chi connectivity index (χ3n) is 2.53. The van der Waals surface area contributed by atoms with Gasteiger partial charge in [-0.1, -0.05) is 26.2 Å². The van der Waals surface area contributed by atoms with Crippen LogP contribution < -0.4 is 16.7 Å². The molecule has 17 heavy (non-hydrogen) atoms. The zero-order valence-corrected chi connectivity index (χ0v) is 10.6. The van der Waals surface area contributed by atoms with Crippen molar-refractivity contribution in [2.45, 2.75) is 52.0 Å². The Kier molecular flexibility index (Phi) is 4.48. The van der Waals surface area contributed by atoms with Gasteiger partial charge in [0.15, 0.2) is 0 Å². The van der Waals surface area contributed by atoms with Crippen LogP contribution in [0.3, 0.4) is 0 Å². The second-order valence-electron chi connectivity index (χ2n) is 4.81. The standard InChI is InChI=1S/C11H20N4O2/c1-4-5-6-7-11(2,3)15-8-12-9(16)14-10(17)13-8/h4-7H2,1-3H3,(H3,12,13,14,15,16,17). The Morgan fingerprint density at radius 3 is 2.53 bits per heavy atom. The molecule has 96 valence electrons. The van der Waals surface area contributed by atoms with Gasteiger partial charge in [-0.15, -0.1) is 0 Å². The molecule has 0 unspecified atom stereocenters. The second kappa shape index (κ2) is 5.65. The number of H-pyrrole nitrogens is 2. The van der Waals surface area contributed by atoms with Crippen LogP contribution in [0.2, 0.25) is 0 Å². The topological polar surface area (TPSA) is 90.6 Å². The Morgan fingerprint density at radius 2 is 1.94 bits per heavy atom. The molecule has 0 amide bonds. The number of nitrogens with zero attached hydrogens (tertiary/aromatic N) is 1. The van der Waals surface area contributed by atoms with Crippen LogP contribution >= 0.6 is 0 Å². The number of nitrogens with one attached hydrogen (secondary N) is 3. The number of unbranched alkanes of at least 4 members (excludes halogenated alkanes) is 2. The Balaban J connectivity index is 2.68. The number of aromatic nitrogens is 3. The molecule has 0 spiro atoms. The van der Waals surface area contributed by atoms with Gasteiger partial charge >= 0.3 is 11.4 Å². The Morgan fingerprint density at radius 1 is 1.24 bits per heavy atom. The minimum Gasteiger partial charge on any atom is -0.351 e. The molecule has 0 aliphatic rings. The minimum absolute atomic E-state index is 0.196. The van der Waals surface area contributed by atoms with E-state index in [4.69, 9.17) is 0 Å². The SMILES string of the molecule is CCCCCC(C)(C)Nc1nc(=O)[nH]c(=O)[nH]1. The van der Waals surface area contributed by atoms with Crippen LogP contribution in [-0.4, -0.2) is 20.5 Å². The van der Waals surface area contributed by atoms with Gasteiger partial charge in [-0.2, -0.15) is 4.98 Å². The molecule has 6 nitrogen and oxygen atoms in total. The van der Waals surface area contributed by atoms with Crippen molar-refractivity contribution in [1.29, 1.82) is 0 Å². The molecular weight excluding hydrogens is 220 g/mol. The van der Waals surface area contributed by atoms with E-state index in [0.29, 0.717) is 0 Å². The third-order valence-corrected chi connectivity index (χ3v) is 2.53. The van der Waals surface area contributed by atoms with Crippen molar-refractivity contribution in [3.8, 4) is 0 Å². The lowest BCUT2D eigenvalue weighted by molar-refractivity contribution is 0.479. The molecule has 1 aromatic heterocycles. The van der Waals surface area contributed by atoms with Crippen molar-refractivity contribution in [2.75, 3.05) is 5.32 Å². The summed E-state index contributed by atoms with van der Waals surface area (Å²) in [6.07, 6.45) is 4.39. The molecule has 0 bridgehead atoms. The molecule has 0 saturated carbocycles. The summed E-state index contributed by atoms with van der Waals surface area (Å²) in [6.45, 7) is 6.18. The maximum absolute atomic E-state index is 11.1.